The number of hydrogen-bond acceptors (Lipinski definition) is 2. The number of halogens is 3. The second-order valence-corrected chi connectivity index (χ2v) is 5.46. The van der Waals surface area contributed by atoms with Gasteiger partial charge in [-0.2, -0.15) is 0 Å². The van der Waals surface area contributed by atoms with Crippen LogP contribution < -0.4 is 5.32 Å². The van der Waals surface area contributed by atoms with Gasteiger partial charge in [0.2, 0.25) is 0 Å². The van der Waals surface area contributed by atoms with Gasteiger partial charge in [0.05, 0.1) is 23.9 Å². The highest BCUT2D eigenvalue weighted by atomic mass is 19.2. The molecular formula is C15H16F3N3. The Kier molecular flexibility index (Phi) is 3.71. The van der Waals surface area contributed by atoms with E-state index in [9.17, 15) is 13.2 Å². The summed E-state index contributed by atoms with van der Waals surface area (Å²) in [5.74, 6) is -3.07. The lowest BCUT2D eigenvalue weighted by atomic mass is 9.97. The summed E-state index contributed by atoms with van der Waals surface area (Å²) in [5, 5.41) is 3.42. The van der Waals surface area contributed by atoms with Gasteiger partial charge in [0.15, 0.2) is 11.6 Å². The third-order valence-electron chi connectivity index (χ3n) is 3.89. The van der Waals surface area contributed by atoms with E-state index < -0.39 is 17.5 Å². The Hall–Kier alpha value is -1.82. The van der Waals surface area contributed by atoms with E-state index in [4.69, 9.17) is 0 Å². The van der Waals surface area contributed by atoms with Gasteiger partial charge in [0, 0.05) is 24.2 Å². The molecule has 0 bridgehead atoms. The molecule has 21 heavy (non-hydrogen) atoms. The third kappa shape index (κ3) is 2.68. The molecular weight excluding hydrogens is 279 g/mol. The summed E-state index contributed by atoms with van der Waals surface area (Å²) in [4.78, 5) is 4.03. The first-order valence-corrected chi connectivity index (χ1v) is 6.99. The third-order valence-corrected chi connectivity index (χ3v) is 3.89. The summed E-state index contributed by atoms with van der Waals surface area (Å²) >= 11 is 0. The smallest absolute Gasteiger partial charge is 0.161 e. The van der Waals surface area contributed by atoms with Crippen LogP contribution in [0.4, 0.5) is 13.2 Å². The zero-order valence-corrected chi connectivity index (χ0v) is 11.6. The van der Waals surface area contributed by atoms with E-state index in [-0.39, 0.29) is 11.7 Å². The maximum atomic E-state index is 13.9. The average molecular weight is 295 g/mol. The van der Waals surface area contributed by atoms with Gasteiger partial charge in [-0.1, -0.05) is 0 Å². The van der Waals surface area contributed by atoms with Gasteiger partial charge in [-0.3, -0.25) is 4.57 Å². The molecule has 0 amide bonds. The minimum absolute atomic E-state index is 0.0265. The lowest BCUT2D eigenvalue weighted by Crippen LogP contribution is -2.35. The molecule has 2 aromatic rings. The minimum Gasteiger partial charge on any atom is -0.306 e. The van der Waals surface area contributed by atoms with Crippen molar-refractivity contribution >= 4 is 0 Å². The van der Waals surface area contributed by atoms with Gasteiger partial charge in [-0.05, 0) is 26.2 Å². The van der Waals surface area contributed by atoms with Crippen LogP contribution in [0.25, 0.3) is 5.69 Å². The molecule has 112 valence electrons. The fourth-order valence-electron chi connectivity index (χ4n) is 2.83. The molecule has 2 heterocycles. The Bertz CT molecular complexity index is 654. The van der Waals surface area contributed by atoms with E-state index in [0.717, 1.165) is 31.0 Å². The van der Waals surface area contributed by atoms with Crippen molar-refractivity contribution in [2.45, 2.75) is 38.3 Å². The second-order valence-electron chi connectivity index (χ2n) is 5.46. The number of aromatic nitrogens is 2. The van der Waals surface area contributed by atoms with E-state index in [0.29, 0.717) is 12.1 Å². The second kappa shape index (κ2) is 5.52. The number of nitrogens with zero attached hydrogens (tertiary/aromatic N) is 2. The normalized spacial score (nSPS) is 22.5. The Labute approximate surface area is 120 Å². The zero-order valence-electron chi connectivity index (χ0n) is 11.6. The van der Waals surface area contributed by atoms with Crippen molar-refractivity contribution in [1.82, 2.24) is 14.9 Å². The Morgan fingerprint density at radius 2 is 1.90 bits per heavy atom. The first-order valence-electron chi connectivity index (χ1n) is 6.99. The summed E-state index contributed by atoms with van der Waals surface area (Å²) < 4.78 is 41.9. The summed E-state index contributed by atoms with van der Waals surface area (Å²) in [6.07, 6.45) is 6.11. The lowest BCUT2D eigenvalue weighted by molar-refractivity contribution is 0.333. The van der Waals surface area contributed by atoms with Crippen molar-refractivity contribution < 1.29 is 13.2 Å². The monoisotopic (exact) mass is 295 g/mol. The average Bonchev–Trinajstić information content (AvgIpc) is 2.92. The summed E-state index contributed by atoms with van der Waals surface area (Å²) in [7, 11) is 0. The molecule has 6 heteroatoms. The molecule has 1 fully saturated rings. The fourth-order valence-corrected chi connectivity index (χ4v) is 2.83. The molecule has 1 aliphatic rings. The van der Waals surface area contributed by atoms with Gasteiger partial charge in [0.1, 0.15) is 5.82 Å². The Balaban J connectivity index is 2.01. The molecule has 0 aliphatic carbocycles. The van der Waals surface area contributed by atoms with Crippen LogP contribution >= 0.6 is 0 Å². The van der Waals surface area contributed by atoms with Gasteiger partial charge < -0.3 is 5.32 Å². The molecule has 1 aromatic heterocycles. The topological polar surface area (TPSA) is 29.9 Å². The van der Waals surface area contributed by atoms with Crippen molar-refractivity contribution in [2.75, 3.05) is 0 Å². The standard InChI is InChI=1S/C15H16F3N3/c1-9-3-2-4-13(20-9)15-7-19-8-21(15)14-6-11(17)10(16)5-12(14)18/h5-9,13,20H,2-4H2,1H3. The summed E-state index contributed by atoms with van der Waals surface area (Å²) in [6.45, 7) is 2.09. The minimum atomic E-state index is -1.19. The van der Waals surface area contributed by atoms with Crippen molar-refractivity contribution in [3.63, 3.8) is 0 Å². The van der Waals surface area contributed by atoms with Crippen LogP contribution in [0.2, 0.25) is 0 Å². The highest BCUT2D eigenvalue weighted by Gasteiger charge is 2.24. The van der Waals surface area contributed by atoms with Crippen LogP contribution in [0, 0.1) is 17.5 Å². The lowest BCUT2D eigenvalue weighted by Gasteiger charge is -2.29. The highest BCUT2D eigenvalue weighted by molar-refractivity contribution is 5.37. The van der Waals surface area contributed by atoms with Crippen molar-refractivity contribution in [3.05, 3.63) is 47.8 Å². The number of piperidine rings is 1. The zero-order chi connectivity index (χ0) is 15.0. The van der Waals surface area contributed by atoms with E-state index >= 15 is 0 Å². The maximum absolute atomic E-state index is 13.9. The van der Waals surface area contributed by atoms with Crippen LogP contribution in [-0.2, 0) is 0 Å². The van der Waals surface area contributed by atoms with Crippen LogP contribution in [0.5, 0.6) is 0 Å². The van der Waals surface area contributed by atoms with Crippen LogP contribution in [-0.4, -0.2) is 15.6 Å². The molecule has 3 rings (SSSR count). The molecule has 0 radical (unpaired) electrons. The SMILES string of the molecule is CC1CCCC(c2cncn2-c2cc(F)c(F)cc2F)N1. The largest absolute Gasteiger partial charge is 0.306 e. The molecule has 3 nitrogen and oxygen atoms in total. The van der Waals surface area contributed by atoms with Gasteiger partial charge in [-0.25, -0.2) is 18.2 Å². The predicted octanol–water partition coefficient (Wildman–Crippen LogP) is 3.49. The number of benzene rings is 1. The first kappa shape index (κ1) is 14.1. The predicted molar refractivity (Wildman–Crippen MR) is 72.6 cm³/mol. The van der Waals surface area contributed by atoms with Crippen LogP contribution in [0.1, 0.15) is 37.9 Å². The summed E-state index contributed by atoms with van der Waals surface area (Å²) in [5.41, 5.74) is 0.730. The van der Waals surface area contributed by atoms with Gasteiger partial charge in [-0.15, -0.1) is 0 Å². The molecule has 2 atom stereocenters. The molecule has 0 spiro atoms. The maximum Gasteiger partial charge on any atom is 0.161 e. The van der Waals surface area contributed by atoms with E-state index in [1.807, 2.05) is 0 Å². The number of imidazole rings is 1. The van der Waals surface area contributed by atoms with Crippen molar-refractivity contribution in [2.24, 2.45) is 0 Å². The first-order chi connectivity index (χ1) is 10.1. The Morgan fingerprint density at radius 1 is 1.14 bits per heavy atom. The number of nitrogens with one attached hydrogen (secondary N) is 1. The molecule has 0 saturated carbocycles. The van der Waals surface area contributed by atoms with E-state index in [1.165, 1.54) is 10.9 Å². The van der Waals surface area contributed by atoms with Gasteiger partial charge >= 0.3 is 0 Å². The quantitative estimate of drug-likeness (QED) is 0.860. The molecule has 1 saturated heterocycles. The van der Waals surface area contributed by atoms with Gasteiger partial charge in [0.25, 0.3) is 0 Å². The fraction of sp³-hybridized carbons (Fsp3) is 0.400. The Morgan fingerprint density at radius 3 is 2.67 bits per heavy atom. The van der Waals surface area contributed by atoms with Crippen molar-refractivity contribution in [1.29, 1.82) is 0 Å². The van der Waals surface area contributed by atoms with E-state index in [2.05, 4.69) is 17.2 Å². The van der Waals surface area contributed by atoms with Crippen LogP contribution in [0.15, 0.2) is 24.7 Å². The number of hydrogen-bond donors (Lipinski definition) is 1. The van der Waals surface area contributed by atoms with Crippen LogP contribution in [0.3, 0.4) is 0 Å². The number of rotatable bonds is 2. The molecule has 1 aliphatic heterocycles. The highest BCUT2D eigenvalue weighted by Crippen LogP contribution is 2.28. The molecule has 1 aromatic carbocycles. The van der Waals surface area contributed by atoms with Crippen molar-refractivity contribution in [3.8, 4) is 5.69 Å². The molecule has 2 unspecified atom stereocenters. The van der Waals surface area contributed by atoms with E-state index in [1.54, 1.807) is 6.20 Å². The summed E-state index contributed by atoms with van der Waals surface area (Å²) in [6, 6.07) is 1.82. The molecule has 1 N–H and O–H groups in total.